The summed E-state index contributed by atoms with van der Waals surface area (Å²) in [6, 6.07) is 7.16. The molecule has 0 fully saturated rings. The van der Waals surface area contributed by atoms with Gasteiger partial charge in [0.25, 0.3) is 0 Å². The van der Waals surface area contributed by atoms with Gasteiger partial charge >= 0.3 is 11.9 Å². The number of carboxylic acids is 1. The van der Waals surface area contributed by atoms with E-state index in [1.807, 2.05) is 13.0 Å². The maximum absolute atomic E-state index is 10.9. The van der Waals surface area contributed by atoms with Gasteiger partial charge in [-0.25, -0.2) is 4.99 Å². The summed E-state index contributed by atoms with van der Waals surface area (Å²) < 4.78 is 4.60. The fourth-order valence-electron chi connectivity index (χ4n) is 2.75. The fraction of sp³-hybridized carbons (Fsp3) is 0.680. The number of benzene rings is 1. The van der Waals surface area contributed by atoms with Crippen molar-refractivity contribution in [1.29, 1.82) is 0 Å². The highest BCUT2D eigenvalue weighted by molar-refractivity contribution is 6.15. The second-order valence-corrected chi connectivity index (χ2v) is 7.69. The molecular formula is C25H46ClN3O7. The van der Waals surface area contributed by atoms with E-state index in [4.69, 9.17) is 15.5 Å². The highest BCUT2D eigenvalue weighted by Gasteiger charge is 2.11. The molecule has 0 amide bonds. The summed E-state index contributed by atoms with van der Waals surface area (Å²) in [5.41, 5.74) is 1.32. The number of aromatic nitrogens is 3. The summed E-state index contributed by atoms with van der Waals surface area (Å²) in [7, 11) is 2.44. The van der Waals surface area contributed by atoms with Gasteiger partial charge < -0.3 is 14.9 Å². The van der Waals surface area contributed by atoms with Crippen LogP contribution in [0.15, 0.2) is 24.3 Å². The van der Waals surface area contributed by atoms with Gasteiger partial charge in [0.1, 0.15) is 11.0 Å². The lowest BCUT2D eigenvalue weighted by Gasteiger charge is -2.07. The number of hydrogen-bond acceptors (Lipinski definition) is 8. The third-order valence-corrected chi connectivity index (χ3v) is 4.91. The third kappa shape index (κ3) is 18.8. The molecule has 1 aromatic carbocycles. The van der Waals surface area contributed by atoms with Crippen molar-refractivity contribution in [3.8, 4) is 0 Å². The Morgan fingerprint density at radius 3 is 1.92 bits per heavy atom. The SMILES string of the molecule is CCCCC[C@H](C)C(=O)O.CCCCC[C@H](C)C(=O)OC.CCl.CO.OOn1nnc2ccccc21. The number of carboxylic acid groups (broad SMARTS) is 1. The smallest absolute Gasteiger partial charge is 0.308 e. The first-order valence-electron chi connectivity index (χ1n) is 12.1. The van der Waals surface area contributed by atoms with Crippen molar-refractivity contribution in [3.05, 3.63) is 24.3 Å². The van der Waals surface area contributed by atoms with E-state index in [9.17, 15) is 9.59 Å². The van der Waals surface area contributed by atoms with Gasteiger partial charge in [-0.1, -0.05) is 78.4 Å². The Morgan fingerprint density at radius 2 is 1.47 bits per heavy atom. The molecule has 2 rings (SSSR count). The zero-order valence-electron chi connectivity index (χ0n) is 22.8. The number of aliphatic hydroxyl groups excluding tert-OH is 1. The number of nitrogens with zero attached hydrogens (tertiary/aromatic N) is 3. The number of alkyl halides is 1. The lowest BCUT2D eigenvalue weighted by Crippen LogP contribution is -2.12. The van der Waals surface area contributed by atoms with Crippen LogP contribution in [0.25, 0.3) is 11.0 Å². The molecular weight excluding hydrogens is 490 g/mol. The molecule has 2 aromatic rings. The van der Waals surface area contributed by atoms with E-state index < -0.39 is 5.97 Å². The van der Waals surface area contributed by atoms with Gasteiger partial charge in [0.05, 0.1) is 18.9 Å². The second-order valence-electron chi connectivity index (χ2n) is 7.69. The molecule has 2 atom stereocenters. The number of carbonyl (C=O) groups excluding carboxylic acids is 1. The molecule has 0 saturated carbocycles. The maximum atomic E-state index is 10.9. The van der Waals surface area contributed by atoms with Crippen LogP contribution < -0.4 is 4.99 Å². The van der Waals surface area contributed by atoms with E-state index in [-0.39, 0.29) is 17.8 Å². The van der Waals surface area contributed by atoms with Crippen LogP contribution in [0, 0.1) is 11.8 Å². The van der Waals surface area contributed by atoms with Gasteiger partial charge in [0.15, 0.2) is 0 Å². The molecule has 1 aromatic heterocycles. The molecule has 36 heavy (non-hydrogen) atoms. The number of halogens is 1. The molecule has 0 aliphatic rings. The Morgan fingerprint density at radius 1 is 0.972 bits per heavy atom. The number of carbonyl (C=O) groups is 2. The van der Waals surface area contributed by atoms with Gasteiger partial charge in [-0.05, 0) is 35.0 Å². The lowest BCUT2D eigenvalue weighted by atomic mass is 10.0. The Hall–Kier alpha value is -2.43. The van der Waals surface area contributed by atoms with Crippen molar-refractivity contribution in [3.63, 3.8) is 0 Å². The Labute approximate surface area is 220 Å². The van der Waals surface area contributed by atoms with Crippen molar-refractivity contribution in [2.45, 2.75) is 79.1 Å². The molecule has 210 valence electrons. The van der Waals surface area contributed by atoms with E-state index in [0.29, 0.717) is 11.0 Å². The molecule has 1 heterocycles. The van der Waals surface area contributed by atoms with Gasteiger partial charge in [0, 0.05) is 13.5 Å². The Balaban J connectivity index is -0.000000424. The molecule has 0 aliphatic heterocycles. The van der Waals surface area contributed by atoms with Gasteiger partial charge in [-0.15, -0.1) is 16.7 Å². The number of aliphatic carboxylic acids is 1. The van der Waals surface area contributed by atoms with E-state index >= 15 is 0 Å². The van der Waals surface area contributed by atoms with E-state index in [1.165, 1.54) is 26.3 Å². The fourth-order valence-corrected chi connectivity index (χ4v) is 2.75. The first-order valence-corrected chi connectivity index (χ1v) is 12.8. The minimum atomic E-state index is -0.670. The number of fused-ring (bicyclic) bond motifs is 1. The maximum Gasteiger partial charge on any atom is 0.308 e. The Kier molecular flexibility index (Phi) is 28.8. The highest BCUT2D eigenvalue weighted by Crippen LogP contribution is 2.10. The minimum absolute atomic E-state index is 0.0755. The van der Waals surface area contributed by atoms with Crippen molar-refractivity contribution < 1.29 is 34.8 Å². The number of ether oxygens (including phenoxy) is 1. The first kappa shape index (κ1) is 38.1. The molecule has 11 heteroatoms. The molecule has 0 spiro atoms. The molecule has 3 N–H and O–H groups in total. The van der Waals surface area contributed by atoms with Crippen LogP contribution in [0.4, 0.5) is 0 Å². The molecule has 0 unspecified atom stereocenters. The average Bonchev–Trinajstić information content (AvgIpc) is 3.34. The summed E-state index contributed by atoms with van der Waals surface area (Å²) >= 11 is 4.64. The largest absolute Gasteiger partial charge is 0.481 e. The van der Waals surface area contributed by atoms with Crippen LogP contribution in [0.5, 0.6) is 0 Å². The number of hydrogen-bond donors (Lipinski definition) is 3. The van der Waals surface area contributed by atoms with Crippen LogP contribution in [0.2, 0.25) is 0 Å². The quantitative estimate of drug-likeness (QED) is 0.112. The van der Waals surface area contributed by atoms with E-state index in [0.717, 1.165) is 50.5 Å². The van der Waals surface area contributed by atoms with Crippen LogP contribution >= 0.6 is 11.6 Å². The molecule has 0 bridgehead atoms. The van der Waals surface area contributed by atoms with Crippen molar-refractivity contribution >= 4 is 34.6 Å². The average molecular weight is 536 g/mol. The topological polar surface area (TPSA) is 144 Å². The van der Waals surface area contributed by atoms with Crippen LogP contribution in [-0.2, 0) is 14.3 Å². The predicted octanol–water partition coefficient (Wildman–Crippen LogP) is 5.46. The first-order chi connectivity index (χ1) is 17.3. The summed E-state index contributed by atoms with van der Waals surface area (Å²) in [5, 5.41) is 31.0. The zero-order valence-corrected chi connectivity index (χ0v) is 23.6. The molecule has 0 saturated heterocycles. The second kappa shape index (κ2) is 27.2. The van der Waals surface area contributed by atoms with Crippen LogP contribution in [0.3, 0.4) is 0 Å². The number of methoxy groups -OCH3 is 1. The van der Waals surface area contributed by atoms with Crippen molar-refractivity contribution in [1.82, 2.24) is 15.2 Å². The van der Waals surface area contributed by atoms with Crippen LogP contribution in [-0.4, -0.2) is 63.2 Å². The van der Waals surface area contributed by atoms with Gasteiger partial charge in [-0.3, -0.25) is 9.59 Å². The predicted molar refractivity (Wildman–Crippen MR) is 143 cm³/mol. The minimum Gasteiger partial charge on any atom is -0.481 e. The number of rotatable bonds is 11. The number of esters is 1. The summed E-state index contributed by atoms with van der Waals surface area (Å²) in [4.78, 5) is 26.0. The van der Waals surface area contributed by atoms with Gasteiger partial charge in [0.2, 0.25) is 0 Å². The summed E-state index contributed by atoms with van der Waals surface area (Å²) in [5.74, 6) is -0.838. The molecule has 10 nitrogen and oxygen atoms in total. The molecule has 0 radical (unpaired) electrons. The highest BCUT2D eigenvalue weighted by atomic mass is 35.5. The van der Waals surface area contributed by atoms with E-state index in [1.54, 1.807) is 25.1 Å². The summed E-state index contributed by atoms with van der Waals surface area (Å²) in [6.07, 6.45) is 10.2. The summed E-state index contributed by atoms with van der Waals surface area (Å²) in [6.45, 7) is 7.95. The number of para-hydroxylation sites is 1. The van der Waals surface area contributed by atoms with Crippen molar-refractivity contribution in [2.75, 3.05) is 20.6 Å². The van der Waals surface area contributed by atoms with E-state index in [2.05, 4.69) is 45.5 Å². The lowest BCUT2D eigenvalue weighted by molar-refractivity contribution is -0.250. The normalized spacial score (nSPS) is 10.9. The molecule has 0 aliphatic carbocycles. The monoisotopic (exact) mass is 535 g/mol. The van der Waals surface area contributed by atoms with Gasteiger partial charge in [-0.2, -0.15) is 5.26 Å². The number of aliphatic hydroxyl groups is 1. The van der Waals surface area contributed by atoms with Crippen molar-refractivity contribution in [2.24, 2.45) is 11.8 Å². The zero-order chi connectivity index (χ0) is 28.4. The Bertz CT molecular complexity index is 775. The van der Waals surface area contributed by atoms with Crippen LogP contribution in [0.1, 0.15) is 79.1 Å². The standard InChI is InChI=1S/C9H18O2.C8H16O2.C6H5N3O2.CH3Cl.CH4O/c1-4-5-6-7-8(2)9(10)11-3;1-3-4-5-6-7(2)8(9)10;10-11-9-6-4-2-1-3-5(6)7-8-9;2*1-2/h8H,4-7H2,1-3H3;7H,3-6H2,1-2H3,(H,9,10);1-4,10H;1H3;2H,1H3/t8-;7-;;;/m00.../s1. The number of unbranched alkanes of at least 4 members (excludes halogenated alkanes) is 4. The third-order valence-electron chi connectivity index (χ3n) is 4.91.